The predicted octanol–water partition coefficient (Wildman–Crippen LogP) is 4.41. The fraction of sp³-hybridized carbons (Fsp3) is 0.450. The first-order valence-corrected chi connectivity index (χ1v) is 8.51. The number of carbonyl (C=O) groups is 1. The zero-order chi connectivity index (χ0) is 16.9. The van der Waals surface area contributed by atoms with Crippen molar-refractivity contribution in [1.29, 1.82) is 0 Å². The normalized spacial score (nSPS) is 20.8. The van der Waals surface area contributed by atoms with Gasteiger partial charge in [0.2, 0.25) is 0 Å². The van der Waals surface area contributed by atoms with E-state index in [9.17, 15) is 4.79 Å². The van der Waals surface area contributed by atoms with E-state index in [1.807, 2.05) is 18.2 Å². The van der Waals surface area contributed by atoms with E-state index in [1.54, 1.807) is 7.11 Å². The van der Waals surface area contributed by atoms with Gasteiger partial charge < -0.3 is 14.2 Å². The summed E-state index contributed by atoms with van der Waals surface area (Å²) in [6.45, 7) is 1.69. The molecule has 0 unspecified atom stereocenters. The lowest BCUT2D eigenvalue weighted by Gasteiger charge is -2.33. The van der Waals surface area contributed by atoms with Crippen LogP contribution in [-0.4, -0.2) is 26.0 Å². The molecule has 2 aromatic rings. The van der Waals surface area contributed by atoms with Gasteiger partial charge in [0.1, 0.15) is 11.9 Å². The Balaban J connectivity index is 2.07. The average Bonchev–Trinajstić information content (AvgIpc) is 2.59. The Morgan fingerprint density at radius 2 is 1.92 bits per heavy atom. The van der Waals surface area contributed by atoms with Gasteiger partial charge in [-0.1, -0.05) is 36.8 Å². The van der Waals surface area contributed by atoms with Crippen LogP contribution in [0.1, 0.15) is 44.1 Å². The quantitative estimate of drug-likeness (QED) is 0.602. The Bertz CT molecular complexity index is 710. The Hall–Kier alpha value is -2.07. The van der Waals surface area contributed by atoms with Gasteiger partial charge in [-0.25, -0.2) is 0 Å². The standard InChI is InChI=1S/C20H24O4/c1-14(21)24-18-10-6-5-9-17(18)20-16-8-4-3-7-15(16)11-12-19(20)23-13-22-2/h3-4,7-8,11-12,17-18H,5-6,9-10,13H2,1-2H3/t17-,18+/m0/s1. The van der Waals surface area contributed by atoms with Gasteiger partial charge in [-0.05, 0) is 36.1 Å². The first-order chi connectivity index (χ1) is 11.7. The average molecular weight is 328 g/mol. The Morgan fingerprint density at radius 3 is 2.71 bits per heavy atom. The van der Waals surface area contributed by atoms with Crippen LogP contribution < -0.4 is 4.74 Å². The number of benzene rings is 2. The predicted molar refractivity (Wildman–Crippen MR) is 93.2 cm³/mol. The lowest BCUT2D eigenvalue weighted by atomic mass is 9.79. The summed E-state index contributed by atoms with van der Waals surface area (Å²) in [4.78, 5) is 11.5. The summed E-state index contributed by atoms with van der Waals surface area (Å²) in [6, 6.07) is 12.3. The molecule has 0 saturated heterocycles. The second-order valence-electron chi connectivity index (χ2n) is 6.29. The fourth-order valence-electron chi connectivity index (χ4n) is 3.69. The van der Waals surface area contributed by atoms with E-state index in [4.69, 9.17) is 14.2 Å². The molecule has 0 aliphatic heterocycles. The van der Waals surface area contributed by atoms with Crippen LogP contribution in [0.4, 0.5) is 0 Å². The topological polar surface area (TPSA) is 44.8 Å². The van der Waals surface area contributed by atoms with E-state index in [1.165, 1.54) is 12.3 Å². The Morgan fingerprint density at radius 1 is 1.12 bits per heavy atom. The Labute approximate surface area is 142 Å². The summed E-state index contributed by atoms with van der Waals surface area (Å²) in [5, 5.41) is 2.33. The molecule has 0 spiro atoms. The van der Waals surface area contributed by atoms with Crippen molar-refractivity contribution in [2.24, 2.45) is 0 Å². The van der Waals surface area contributed by atoms with Gasteiger partial charge in [-0.2, -0.15) is 0 Å². The van der Waals surface area contributed by atoms with Gasteiger partial charge in [-0.3, -0.25) is 4.79 Å². The smallest absolute Gasteiger partial charge is 0.302 e. The third kappa shape index (κ3) is 3.54. The highest BCUT2D eigenvalue weighted by atomic mass is 16.7. The molecule has 1 saturated carbocycles. The largest absolute Gasteiger partial charge is 0.467 e. The molecule has 0 bridgehead atoms. The van der Waals surface area contributed by atoms with Crippen LogP contribution >= 0.6 is 0 Å². The summed E-state index contributed by atoms with van der Waals surface area (Å²) < 4.78 is 16.6. The number of carbonyl (C=O) groups excluding carboxylic acids is 1. The van der Waals surface area contributed by atoms with Crippen molar-refractivity contribution in [2.45, 2.75) is 44.6 Å². The van der Waals surface area contributed by atoms with Gasteiger partial charge in [0.15, 0.2) is 6.79 Å². The fourth-order valence-corrected chi connectivity index (χ4v) is 3.69. The van der Waals surface area contributed by atoms with E-state index in [-0.39, 0.29) is 24.8 Å². The van der Waals surface area contributed by atoms with Crippen molar-refractivity contribution in [3.05, 3.63) is 42.0 Å². The van der Waals surface area contributed by atoms with Crippen LogP contribution in [0.2, 0.25) is 0 Å². The molecule has 3 rings (SSSR count). The zero-order valence-electron chi connectivity index (χ0n) is 14.3. The van der Waals surface area contributed by atoms with E-state index < -0.39 is 0 Å². The molecule has 2 aromatic carbocycles. The molecule has 4 heteroatoms. The van der Waals surface area contributed by atoms with Crippen molar-refractivity contribution >= 4 is 16.7 Å². The first-order valence-electron chi connectivity index (χ1n) is 8.51. The molecule has 0 amide bonds. The molecule has 0 aromatic heterocycles. The van der Waals surface area contributed by atoms with Crippen molar-refractivity contribution in [1.82, 2.24) is 0 Å². The summed E-state index contributed by atoms with van der Waals surface area (Å²) in [6.07, 6.45) is 4.03. The molecule has 1 aliphatic carbocycles. The molecule has 128 valence electrons. The molecular weight excluding hydrogens is 304 g/mol. The third-order valence-electron chi connectivity index (χ3n) is 4.65. The van der Waals surface area contributed by atoms with Gasteiger partial charge >= 0.3 is 5.97 Å². The van der Waals surface area contributed by atoms with Gasteiger partial charge in [0, 0.05) is 25.5 Å². The summed E-state index contributed by atoms with van der Waals surface area (Å²) in [5.74, 6) is 0.756. The summed E-state index contributed by atoms with van der Waals surface area (Å²) >= 11 is 0. The lowest BCUT2D eigenvalue weighted by molar-refractivity contribution is -0.148. The summed E-state index contributed by atoms with van der Waals surface area (Å²) in [5.41, 5.74) is 1.14. The SMILES string of the molecule is COCOc1ccc2ccccc2c1[C@H]1CCCC[C@H]1OC(C)=O. The lowest BCUT2D eigenvalue weighted by Crippen LogP contribution is -2.28. The zero-order valence-corrected chi connectivity index (χ0v) is 14.3. The second kappa shape index (κ2) is 7.67. The van der Waals surface area contributed by atoms with E-state index in [0.29, 0.717) is 0 Å². The number of ether oxygens (including phenoxy) is 3. The molecular formula is C20H24O4. The molecule has 1 aliphatic rings. The molecule has 1 fully saturated rings. The minimum atomic E-state index is -0.216. The highest BCUT2D eigenvalue weighted by Gasteiger charge is 2.32. The highest BCUT2D eigenvalue weighted by Crippen LogP contribution is 2.43. The van der Waals surface area contributed by atoms with Crippen LogP contribution in [0.3, 0.4) is 0 Å². The van der Waals surface area contributed by atoms with Crippen LogP contribution in [-0.2, 0) is 14.3 Å². The maximum absolute atomic E-state index is 11.5. The van der Waals surface area contributed by atoms with Crippen molar-refractivity contribution in [2.75, 3.05) is 13.9 Å². The minimum Gasteiger partial charge on any atom is -0.467 e. The first kappa shape index (κ1) is 16.8. The number of rotatable bonds is 5. The van der Waals surface area contributed by atoms with Crippen molar-refractivity contribution < 1.29 is 19.0 Å². The molecule has 0 heterocycles. The van der Waals surface area contributed by atoms with Crippen molar-refractivity contribution in [3.8, 4) is 5.75 Å². The molecule has 24 heavy (non-hydrogen) atoms. The van der Waals surface area contributed by atoms with E-state index in [2.05, 4.69) is 18.2 Å². The Kier molecular flexibility index (Phi) is 5.36. The number of methoxy groups -OCH3 is 1. The number of fused-ring (bicyclic) bond motifs is 1. The molecule has 2 atom stereocenters. The summed E-state index contributed by atoms with van der Waals surface area (Å²) in [7, 11) is 1.61. The molecule has 0 radical (unpaired) electrons. The number of hydrogen-bond acceptors (Lipinski definition) is 4. The number of esters is 1. The van der Waals surface area contributed by atoms with Crippen LogP contribution in [0.5, 0.6) is 5.75 Å². The van der Waals surface area contributed by atoms with E-state index >= 15 is 0 Å². The third-order valence-corrected chi connectivity index (χ3v) is 4.65. The maximum atomic E-state index is 11.5. The molecule has 0 N–H and O–H groups in total. The number of hydrogen-bond donors (Lipinski definition) is 0. The highest BCUT2D eigenvalue weighted by molar-refractivity contribution is 5.88. The second-order valence-corrected chi connectivity index (χ2v) is 6.29. The van der Waals surface area contributed by atoms with Crippen LogP contribution in [0.15, 0.2) is 36.4 Å². The van der Waals surface area contributed by atoms with Gasteiger partial charge in [-0.15, -0.1) is 0 Å². The monoisotopic (exact) mass is 328 g/mol. The van der Waals surface area contributed by atoms with Crippen LogP contribution in [0.25, 0.3) is 10.8 Å². The van der Waals surface area contributed by atoms with Crippen molar-refractivity contribution in [3.63, 3.8) is 0 Å². The molecule has 4 nitrogen and oxygen atoms in total. The van der Waals surface area contributed by atoms with E-state index in [0.717, 1.165) is 42.4 Å². The van der Waals surface area contributed by atoms with Crippen LogP contribution in [0, 0.1) is 0 Å². The minimum absolute atomic E-state index is 0.0908. The van der Waals surface area contributed by atoms with Gasteiger partial charge in [0.05, 0.1) is 0 Å². The van der Waals surface area contributed by atoms with Gasteiger partial charge in [0.25, 0.3) is 0 Å². The maximum Gasteiger partial charge on any atom is 0.302 e.